The van der Waals surface area contributed by atoms with Crippen molar-refractivity contribution in [2.75, 3.05) is 13.1 Å². The van der Waals surface area contributed by atoms with Gasteiger partial charge in [0.25, 0.3) is 0 Å². The molecule has 1 unspecified atom stereocenters. The van der Waals surface area contributed by atoms with Crippen LogP contribution in [0.5, 0.6) is 0 Å². The highest BCUT2D eigenvalue weighted by Crippen LogP contribution is 2.17. The zero-order valence-corrected chi connectivity index (χ0v) is 8.45. The molecule has 1 atom stereocenters. The molecule has 78 valence electrons. The first-order valence-corrected chi connectivity index (χ1v) is 5.32. The van der Waals surface area contributed by atoms with Gasteiger partial charge in [0.1, 0.15) is 0 Å². The molecule has 4 heteroatoms. The number of hydrogen-bond acceptors (Lipinski definition) is 3. The largest absolute Gasteiger partial charge is 0.329 e. The molecule has 0 radical (unpaired) electrons. The molecule has 4 nitrogen and oxygen atoms in total. The van der Waals surface area contributed by atoms with Crippen LogP contribution >= 0.6 is 0 Å². The first-order chi connectivity index (χ1) is 6.90. The van der Waals surface area contributed by atoms with E-state index in [-0.39, 0.29) is 0 Å². The highest BCUT2D eigenvalue weighted by Gasteiger charge is 2.20. The van der Waals surface area contributed by atoms with Gasteiger partial charge in [-0.25, -0.2) is 0 Å². The summed E-state index contributed by atoms with van der Waals surface area (Å²) in [6.45, 7) is 2.90. The molecule has 0 amide bonds. The van der Waals surface area contributed by atoms with Gasteiger partial charge in [-0.15, -0.1) is 0 Å². The van der Waals surface area contributed by atoms with Crippen molar-refractivity contribution >= 4 is 0 Å². The van der Waals surface area contributed by atoms with Crippen molar-refractivity contribution in [3.05, 3.63) is 18.0 Å². The molecule has 1 saturated heterocycles. The third-order valence-corrected chi connectivity index (χ3v) is 2.95. The number of aromatic amines is 1. The van der Waals surface area contributed by atoms with Crippen LogP contribution in [0.15, 0.2) is 12.3 Å². The van der Waals surface area contributed by atoms with E-state index >= 15 is 0 Å². The Morgan fingerprint density at radius 1 is 1.57 bits per heavy atom. The van der Waals surface area contributed by atoms with E-state index in [9.17, 15) is 0 Å². The summed E-state index contributed by atoms with van der Waals surface area (Å²) < 4.78 is 0. The zero-order valence-electron chi connectivity index (χ0n) is 8.45. The topological polar surface area (TPSA) is 57.9 Å². The van der Waals surface area contributed by atoms with Crippen LogP contribution in [-0.4, -0.2) is 34.2 Å². The zero-order chi connectivity index (χ0) is 9.80. The molecule has 14 heavy (non-hydrogen) atoms. The fourth-order valence-electron chi connectivity index (χ4n) is 2.13. The lowest BCUT2D eigenvalue weighted by molar-refractivity contribution is 0.143. The molecule has 0 spiro atoms. The van der Waals surface area contributed by atoms with Gasteiger partial charge in [-0.1, -0.05) is 6.42 Å². The molecular formula is C10H18N4. The minimum absolute atomic E-state index is 0.562. The van der Waals surface area contributed by atoms with Crippen molar-refractivity contribution in [1.82, 2.24) is 15.1 Å². The van der Waals surface area contributed by atoms with Crippen LogP contribution in [0.4, 0.5) is 0 Å². The Morgan fingerprint density at radius 3 is 3.21 bits per heavy atom. The van der Waals surface area contributed by atoms with E-state index in [2.05, 4.69) is 15.1 Å². The van der Waals surface area contributed by atoms with Crippen molar-refractivity contribution in [2.24, 2.45) is 5.73 Å². The Morgan fingerprint density at radius 2 is 2.50 bits per heavy atom. The summed E-state index contributed by atoms with van der Waals surface area (Å²) in [5.41, 5.74) is 6.94. The lowest BCUT2D eigenvalue weighted by Crippen LogP contribution is -2.43. The van der Waals surface area contributed by atoms with Gasteiger partial charge in [0.15, 0.2) is 0 Å². The minimum Gasteiger partial charge on any atom is -0.329 e. The summed E-state index contributed by atoms with van der Waals surface area (Å²) in [6.07, 6.45) is 5.66. The summed E-state index contributed by atoms with van der Waals surface area (Å²) in [5, 5.41) is 6.95. The molecule has 0 aromatic carbocycles. The molecule has 3 N–H and O–H groups in total. The number of nitrogens with zero attached hydrogens (tertiary/aromatic N) is 2. The van der Waals surface area contributed by atoms with Gasteiger partial charge in [0.2, 0.25) is 0 Å². The summed E-state index contributed by atoms with van der Waals surface area (Å²) in [5.74, 6) is 0. The number of piperidine rings is 1. The summed E-state index contributed by atoms with van der Waals surface area (Å²) in [7, 11) is 0. The molecule has 1 aromatic heterocycles. The molecule has 1 aromatic rings. The van der Waals surface area contributed by atoms with Gasteiger partial charge >= 0.3 is 0 Å². The molecule has 0 saturated carbocycles. The Balaban J connectivity index is 1.94. The predicted octanol–water partition coefficient (Wildman–Crippen LogP) is 0.723. The Kier molecular flexibility index (Phi) is 3.16. The van der Waals surface area contributed by atoms with Crippen LogP contribution in [-0.2, 0) is 6.54 Å². The Hall–Kier alpha value is -0.870. The van der Waals surface area contributed by atoms with E-state index < -0.39 is 0 Å². The van der Waals surface area contributed by atoms with Crippen molar-refractivity contribution in [1.29, 1.82) is 0 Å². The normalized spacial score (nSPS) is 23.9. The van der Waals surface area contributed by atoms with E-state index in [0.717, 1.165) is 13.1 Å². The maximum absolute atomic E-state index is 5.76. The fraction of sp³-hybridized carbons (Fsp3) is 0.700. The lowest BCUT2D eigenvalue weighted by Gasteiger charge is -2.34. The second-order valence-corrected chi connectivity index (χ2v) is 3.94. The minimum atomic E-state index is 0.562. The van der Waals surface area contributed by atoms with Gasteiger partial charge in [0.05, 0.1) is 0 Å². The monoisotopic (exact) mass is 194 g/mol. The van der Waals surface area contributed by atoms with Crippen LogP contribution in [0.2, 0.25) is 0 Å². The molecule has 1 aliphatic heterocycles. The molecule has 1 aliphatic rings. The maximum Gasteiger partial charge on any atom is 0.0492 e. The van der Waals surface area contributed by atoms with Crippen LogP contribution < -0.4 is 5.73 Å². The standard InChI is InChI=1S/C10H18N4/c11-7-10-3-1-2-6-14(10)8-9-4-5-12-13-9/h4-5,10H,1-3,6-8,11H2,(H,12,13). The number of nitrogens with two attached hydrogens (primary N) is 1. The number of nitrogens with one attached hydrogen (secondary N) is 1. The summed E-state index contributed by atoms with van der Waals surface area (Å²) >= 11 is 0. The van der Waals surface area contributed by atoms with Crippen LogP contribution in [0.3, 0.4) is 0 Å². The summed E-state index contributed by atoms with van der Waals surface area (Å²) in [4.78, 5) is 2.46. The highest BCUT2D eigenvalue weighted by molar-refractivity contribution is 4.98. The SMILES string of the molecule is NCC1CCCCN1Cc1ccn[nH]1. The fourth-order valence-corrected chi connectivity index (χ4v) is 2.13. The van der Waals surface area contributed by atoms with Crippen molar-refractivity contribution in [3.8, 4) is 0 Å². The number of H-pyrrole nitrogens is 1. The second kappa shape index (κ2) is 4.57. The molecule has 2 heterocycles. The first kappa shape index (κ1) is 9.68. The Labute approximate surface area is 84.5 Å². The first-order valence-electron chi connectivity index (χ1n) is 5.32. The lowest BCUT2D eigenvalue weighted by atomic mass is 10.0. The predicted molar refractivity (Wildman–Crippen MR) is 55.7 cm³/mol. The Bertz CT molecular complexity index is 257. The van der Waals surface area contributed by atoms with Gasteiger partial charge in [-0.2, -0.15) is 5.10 Å². The maximum atomic E-state index is 5.76. The second-order valence-electron chi connectivity index (χ2n) is 3.94. The third-order valence-electron chi connectivity index (χ3n) is 2.95. The van der Waals surface area contributed by atoms with Crippen molar-refractivity contribution in [2.45, 2.75) is 31.8 Å². The number of likely N-dealkylation sites (tertiary alicyclic amines) is 1. The van der Waals surface area contributed by atoms with Gasteiger partial charge < -0.3 is 5.73 Å². The van der Waals surface area contributed by atoms with E-state index in [1.807, 2.05) is 6.07 Å². The molecule has 1 fully saturated rings. The quantitative estimate of drug-likeness (QED) is 0.745. The smallest absolute Gasteiger partial charge is 0.0492 e. The third kappa shape index (κ3) is 2.13. The van der Waals surface area contributed by atoms with Gasteiger partial charge in [-0.05, 0) is 25.5 Å². The van der Waals surface area contributed by atoms with Crippen LogP contribution in [0.25, 0.3) is 0 Å². The highest BCUT2D eigenvalue weighted by atomic mass is 15.2. The number of aromatic nitrogens is 2. The van der Waals surface area contributed by atoms with E-state index in [0.29, 0.717) is 6.04 Å². The molecule has 0 aliphatic carbocycles. The molecule has 2 rings (SSSR count). The van der Waals surface area contributed by atoms with Gasteiger partial charge in [0, 0.05) is 31.0 Å². The van der Waals surface area contributed by atoms with Crippen molar-refractivity contribution in [3.63, 3.8) is 0 Å². The van der Waals surface area contributed by atoms with Crippen molar-refractivity contribution < 1.29 is 0 Å². The number of rotatable bonds is 3. The van der Waals surface area contributed by atoms with E-state index in [1.165, 1.54) is 31.5 Å². The number of hydrogen-bond donors (Lipinski definition) is 2. The van der Waals surface area contributed by atoms with Gasteiger partial charge in [-0.3, -0.25) is 10.00 Å². The molecular weight excluding hydrogens is 176 g/mol. The summed E-state index contributed by atoms with van der Waals surface area (Å²) in [6, 6.07) is 2.59. The van der Waals surface area contributed by atoms with Crippen LogP contribution in [0, 0.1) is 0 Å². The average molecular weight is 194 g/mol. The van der Waals surface area contributed by atoms with Crippen LogP contribution in [0.1, 0.15) is 25.0 Å². The van der Waals surface area contributed by atoms with E-state index in [1.54, 1.807) is 6.20 Å². The molecule has 0 bridgehead atoms. The average Bonchev–Trinajstić information content (AvgIpc) is 2.71. The van der Waals surface area contributed by atoms with E-state index in [4.69, 9.17) is 5.73 Å².